The van der Waals surface area contributed by atoms with Crippen molar-refractivity contribution in [1.82, 2.24) is 15.2 Å². The summed E-state index contributed by atoms with van der Waals surface area (Å²) in [6.07, 6.45) is 7.06. The van der Waals surface area contributed by atoms with Gasteiger partial charge in [0.1, 0.15) is 5.52 Å². The van der Waals surface area contributed by atoms with Crippen molar-refractivity contribution in [3.63, 3.8) is 0 Å². The molecule has 2 saturated carbocycles. The van der Waals surface area contributed by atoms with Crippen LogP contribution in [0.5, 0.6) is 0 Å². The van der Waals surface area contributed by atoms with Gasteiger partial charge in [-0.2, -0.15) is 0 Å². The van der Waals surface area contributed by atoms with E-state index in [0.29, 0.717) is 17.5 Å². The van der Waals surface area contributed by atoms with Crippen molar-refractivity contribution in [3.05, 3.63) is 54.1 Å². The van der Waals surface area contributed by atoms with Crippen LogP contribution in [0.2, 0.25) is 0 Å². The first-order chi connectivity index (χ1) is 15.6. The summed E-state index contributed by atoms with van der Waals surface area (Å²) in [7, 11) is 1.85. The maximum Gasteiger partial charge on any atom is 0.253 e. The molecule has 2 amide bonds. The molecule has 6 heteroatoms. The number of nitrogens with zero attached hydrogens (tertiary/aromatic N) is 2. The molecule has 1 N–H and O–H groups in total. The number of rotatable bonds is 5. The van der Waals surface area contributed by atoms with Crippen LogP contribution in [0.1, 0.15) is 55.3 Å². The first-order valence-electron chi connectivity index (χ1n) is 11.6. The fourth-order valence-electron chi connectivity index (χ4n) is 5.06. The molecule has 0 radical (unpaired) electrons. The normalized spacial score (nSPS) is 21.2. The number of hydrogen-bond donors (Lipinski definition) is 1. The number of aromatic nitrogens is 1. The predicted octanol–water partition coefficient (Wildman–Crippen LogP) is 4.79. The molecule has 0 bridgehead atoms. The Balaban J connectivity index is 1.21. The van der Waals surface area contributed by atoms with Gasteiger partial charge in [0.05, 0.1) is 0 Å². The van der Waals surface area contributed by atoms with Crippen molar-refractivity contribution in [3.8, 4) is 11.5 Å². The molecule has 2 fully saturated rings. The lowest BCUT2D eigenvalue weighted by Gasteiger charge is -2.25. The number of oxazole rings is 1. The Hall–Kier alpha value is -3.15. The number of fused-ring (bicyclic) bond motifs is 1. The molecule has 2 unspecified atom stereocenters. The number of benzene rings is 2. The molecule has 1 aromatic heterocycles. The van der Waals surface area contributed by atoms with Crippen LogP contribution in [0.25, 0.3) is 22.6 Å². The molecule has 2 atom stereocenters. The van der Waals surface area contributed by atoms with Crippen LogP contribution in [-0.4, -0.2) is 40.8 Å². The number of amides is 2. The van der Waals surface area contributed by atoms with Gasteiger partial charge in [-0.05, 0) is 68.5 Å². The van der Waals surface area contributed by atoms with Gasteiger partial charge in [0.2, 0.25) is 11.8 Å². The molecule has 0 aliphatic heterocycles. The largest absolute Gasteiger partial charge is 0.436 e. The van der Waals surface area contributed by atoms with Gasteiger partial charge in [-0.15, -0.1) is 0 Å². The molecule has 5 rings (SSSR count). The van der Waals surface area contributed by atoms with Gasteiger partial charge in [-0.25, -0.2) is 4.98 Å². The van der Waals surface area contributed by atoms with Crippen LogP contribution < -0.4 is 5.32 Å². The van der Waals surface area contributed by atoms with E-state index in [9.17, 15) is 9.59 Å². The van der Waals surface area contributed by atoms with Crippen molar-refractivity contribution >= 4 is 22.9 Å². The standard InChI is InChI=1S/C26H29N3O3/c1-29(21-15-14-19(16-21)24(30)27-20-6-2-3-7-20)26(31)18-12-10-17(11-13-18)25-28-22-8-4-5-9-23(22)32-25/h4-5,8-13,19-21H,2-3,6-7,14-16H2,1H3,(H,27,30). The summed E-state index contributed by atoms with van der Waals surface area (Å²) in [4.78, 5) is 32.0. The van der Waals surface area contributed by atoms with E-state index in [4.69, 9.17) is 4.42 Å². The molecular formula is C26H29N3O3. The lowest BCUT2D eigenvalue weighted by molar-refractivity contribution is -0.125. The topological polar surface area (TPSA) is 75.4 Å². The number of carbonyl (C=O) groups is 2. The van der Waals surface area contributed by atoms with Crippen molar-refractivity contribution in [1.29, 1.82) is 0 Å². The van der Waals surface area contributed by atoms with Crippen LogP contribution in [-0.2, 0) is 4.79 Å². The predicted molar refractivity (Wildman–Crippen MR) is 123 cm³/mol. The summed E-state index contributed by atoms with van der Waals surface area (Å²) in [6, 6.07) is 15.5. The maximum atomic E-state index is 13.1. The Kier molecular flexibility index (Phi) is 5.68. The molecule has 3 aromatic rings. The van der Waals surface area contributed by atoms with E-state index in [2.05, 4.69) is 10.3 Å². The van der Waals surface area contributed by atoms with Crippen LogP contribution in [0.3, 0.4) is 0 Å². The Labute approximate surface area is 188 Å². The van der Waals surface area contributed by atoms with Crippen molar-refractivity contribution in [2.24, 2.45) is 5.92 Å². The number of hydrogen-bond acceptors (Lipinski definition) is 4. The third-order valence-electron chi connectivity index (χ3n) is 7.02. The monoisotopic (exact) mass is 431 g/mol. The highest BCUT2D eigenvalue weighted by Gasteiger charge is 2.35. The van der Waals surface area contributed by atoms with Crippen molar-refractivity contribution in [2.75, 3.05) is 7.05 Å². The lowest BCUT2D eigenvalue weighted by Crippen LogP contribution is -2.38. The summed E-state index contributed by atoms with van der Waals surface area (Å²) < 4.78 is 5.82. The van der Waals surface area contributed by atoms with Crippen LogP contribution in [0, 0.1) is 5.92 Å². The molecule has 1 heterocycles. The van der Waals surface area contributed by atoms with Gasteiger partial charge in [0, 0.05) is 36.2 Å². The van der Waals surface area contributed by atoms with E-state index in [0.717, 1.165) is 48.8 Å². The number of carbonyl (C=O) groups excluding carboxylic acids is 2. The fraction of sp³-hybridized carbons (Fsp3) is 0.423. The third-order valence-corrected chi connectivity index (χ3v) is 7.02. The van der Waals surface area contributed by atoms with Crippen LogP contribution >= 0.6 is 0 Å². The Bertz CT molecular complexity index is 1080. The molecule has 2 aromatic carbocycles. The minimum Gasteiger partial charge on any atom is -0.436 e. The van der Waals surface area contributed by atoms with Gasteiger partial charge in [0.15, 0.2) is 5.58 Å². The number of para-hydroxylation sites is 2. The van der Waals surface area contributed by atoms with Gasteiger partial charge >= 0.3 is 0 Å². The molecule has 32 heavy (non-hydrogen) atoms. The van der Waals surface area contributed by atoms with Crippen LogP contribution in [0.15, 0.2) is 52.9 Å². The summed E-state index contributed by atoms with van der Waals surface area (Å²) in [6.45, 7) is 0. The zero-order valence-electron chi connectivity index (χ0n) is 18.4. The fourth-order valence-corrected chi connectivity index (χ4v) is 5.06. The molecule has 2 aliphatic carbocycles. The van der Waals surface area contributed by atoms with Crippen LogP contribution in [0.4, 0.5) is 0 Å². The zero-order valence-corrected chi connectivity index (χ0v) is 18.4. The van der Waals surface area contributed by atoms with Gasteiger partial charge in [-0.3, -0.25) is 9.59 Å². The van der Waals surface area contributed by atoms with Crippen molar-refractivity contribution < 1.29 is 14.0 Å². The van der Waals surface area contributed by atoms with E-state index < -0.39 is 0 Å². The van der Waals surface area contributed by atoms with Crippen molar-refractivity contribution in [2.45, 2.75) is 57.0 Å². The SMILES string of the molecule is CN(C(=O)c1ccc(-c2nc3ccccc3o2)cc1)C1CCC(C(=O)NC2CCCC2)C1. The molecule has 166 valence electrons. The number of nitrogens with one attached hydrogen (secondary N) is 1. The average molecular weight is 432 g/mol. The molecular weight excluding hydrogens is 402 g/mol. The van der Waals surface area contributed by atoms with E-state index in [1.807, 2.05) is 55.6 Å². The van der Waals surface area contributed by atoms with Gasteiger partial charge < -0.3 is 14.6 Å². The second kappa shape index (κ2) is 8.77. The van der Waals surface area contributed by atoms with Gasteiger partial charge in [-0.1, -0.05) is 25.0 Å². The second-order valence-electron chi connectivity index (χ2n) is 9.13. The quantitative estimate of drug-likeness (QED) is 0.630. The summed E-state index contributed by atoms with van der Waals surface area (Å²) in [5.74, 6) is 0.710. The first-order valence-corrected chi connectivity index (χ1v) is 11.6. The highest BCUT2D eigenvalue weighted by Crippen LogP contribution is 2.31. The first kappa shape index (κ1) is 20.7. The summed E-state index contributed by atoms with van der Waals surface area (Å²) in [5, 5.41) is 3.22. The van der Waals surface area contributed by atoms with E-state index in [1.54, 1.807) is 4.90 Å². The highest BCUT2D eigenvalue weighted by atomic mass is 16.3. The molecule has 0 saturated heterocycles. The molecule has 2 aliphatic rings. The zero-order chi connectivity index (χ0) is 22.1. The Morgan fingerprint density at radius 2 is 1.75 bits per heavy atom. The van der Waals surface area contributed by atoms with E-state index in [-0.39, 0.29) is 23.8 Å². The minimum atomic E-state index is -0.0176. The average Bonchev–Trinajstić information content (AvgIpc) is 3.58. The maximum absolute atomic E-state index is 13.1. The summed E-state index contributed by atoms with van der Waals surface area (Å²) >= 11 is 0. The lowest BCUT2D eigenvalue weighted by atomic mass is 10.1. The summed E-state index contributed by atoms with van der Waals surface area (Å²) in [5.41, 5.74) is 3.03. The second-order valence-corrected chi connectivity index (χ2v) is 9.13. The minimum absolute atomic E-state index is 0.0115. The van der Waals surface area contributed by atoms with E-state index in [1.165, 1.54) is 12.8 Å². The Morgan fingerprint density at radius 3 is 2.50 bits per heavy atom. The molecule has 0 spiro atoms. The third kappa shape index (κ3) is 4.14. The van der Waals surface area contributed by atoms with Gasteiger partial charge in [0.25, 0.3) is 5.91 Å². The Morgan fingerprint density at radius 1 is 1.00 bits per heavy atom. The molecule has 6 nitrogen and oxygen atoms in total. The smallest absolute Gasteiger partial charge is 0.253 e. The highest BCUT2D eigenvalue weighted by molar-refractivity contribution is 5.95. The van der Waals surface area contributed by atoms with E-state index >= 15 is 0 Å².